The molecule has 0 radical (unpaired) electrons. The smallest absolute Gasteiger partial charge is 0.254 e. The molecule has 2 aromatic heterocycles. The number of benzene rings is 2. The first-order chi connectivity index (χ1) is 18.7. The van der Waals surface area contributed by atoms with E-state index >= 15 is 0 Å². The van der Waals surface area contributed by atoms with Crippen LogP contribution in [-0.4, -0.2) is 78.0 Å². The van der Waals surface area contributed by atoms with Gasteiger partial charge in [-0.2, -0.15) is 0 Å². The summed E-state index contributed by atoms with van der Waals surface area (Å²) >= 11 is 0. The number of piperazine rings is 1. The van der Waals surface area contributed by atoms with E-state index in [1.807, 2.05) is 82.7 Å². The average Bonchev–Trinajstić information content (AvgIpc) is 3.41. The number of ether oxygens (including phenoxy) is 1. The van der Waals surface area contributed by atoms with Crippen LogP contribution in [0.1, 0.15) is 33.4 Å². The summed E-state index contributed by atoms with van der Waals surface area (Å²) in [6.07, 6.45) is 3.75. The van der Waals surface area contributed by atoms with Crippen molar-refractivity contribution >= 4 is 28.5 Å². The molecule has 2 aliphatic heterocycles. The second kappa shape index (κ2) is 10.3. The number of carbonyl (C=O) groups is 2. The van der Waals surface area contributed by atoms with E-state index in [1.54, 1.807) is 13.3 Å². The molecule has 6 rings (SSSR count). The number of fused-ring (bicyclic) bond motifs is 2. The van der Waals surface area contributed by atoms with Crippen molar-refractivity contribution in [3.63, 3.8) is 0 Å². The molecule has 2 aliphatic rings. The van der Waals surface area contributed by atoms with Gasteiger partial charge in [0, 0.05) is 74.3 Å². The molecule has 2 aromatic carbocycles. The highest BCUT2D eigenvalue weighted by Gasteiger charge is 2.46. The van der Waals surface area contributed by atoms with Crippen LogP contribution in [0.4, 0.5) is 5.82 Å². The minimum Gasteiger partial charge on any atom is -0.383 e. The van der Waals surface area contributed by atoms with Crippen LogP contribution in [0.2, 0.25) is 0 Å². The van der Waals surface area contributed by atoms with Crippen molar-refractivity contribution in [3.8, 4) is 0 Å². The third-order valence-corrected chi connectivity index (χ3v) is 7.75. The molecule has 1 N–H and O–H groups in total. The zero-order valence-corrected chi connectivity index (χ0v) is 21.4. The van der Waals surface area contributed by atoms with Crippen LogP contribution >= 0.6 is 0 Å². The molecule has 0 aliphatic carbocycles. The fraction of sp³-hybridized carbons (Fsp3) is 0.300. The number of nitrogens with zero attached hydrogens (tertiary/aromatic N) is 4. The summed E-state index contributed by atoms with van der Waals surface area (Å²) in [5.74, 6) is 0.372. The van der Waals surface area contributed by atoms with E-state index in [-0.39, 0.29) is 11.8 Å². The van der Waals surface area contributed by atoms with Gasteiger partial charge < -0.3 is 24.4 Å². The molecule has 38 heavy (non-hydrogen) atoms. The highest BCUT2D eigenvalue weighted by Crippen LogP contribution is 2.45. The lowest BCUT2D eigenvalue weighted by molar-refractivity contribution is -0.135. The quantitative estimate of drug-likeness (QED) is 0.427. The van der Waals surface area contributed by atoms with Gasteiger partial charge in [-0.3, -0.25) is 9.59 Å². The van der Waals surface area contributed by atoms with Gasteiger partial charge in [0.2, 0.25) is 5.91 Å². The Balaban J connectivity index is 1.40. The van der Waals surface area contributed by atoms with E-state index in [1.165, 1.54) is 0 Å². The summed E-state index contributed by atoms with van der Waals surface area (Å²) in [5, 5.41) is 1.02. The molecule has 0 bridgehead atoms. The van der Waals surface area contributed by atoms with E-state index in [0.717, 1.165) is 27.8 Å². The summed E-state index contributed by atoms with van der Waals surface area (Å²) in [4.78, 5) is 42.1. The van der Waals surface area contributed by atoms with Crippen LogP contribution < -0.4 is 4.90 Å². The van der Waals surface area contributed by atoms with Crippen molar-refractivity contribution in [2.24, 2.45) is 0 Å². The van der Waals surface area contributed by atoms with Crippen LogP contribution in [0.3, 0.4) is 0 Å². The molecule has 194 valence electrons. The zero-order chi connectivity index (χ0) is 26.1. The van der Waals surface area contributed by atoms with Gasteiger partial charge in [0.15, 0.2) is 0 Å². The largest absolute Gasteiger partial charge is 0.383 e. The molecular weight excluding hydrogens is 478 g/mol. The van der Waals surface area contributed by atoms with Gasteiger partial charge in [-0.15, -0.1) is 0 Å². The minimum absolute atomic E-state index is 0.0447. The van der Waals surface area contributed by atoms with Gasteiger partial charge in [-0.05, 0) is 29.8 Å². The van der Waals surface area contributed by atoms with E-state index in [0.29, 0.717) is 44.9 Å². The molecule has 2 atom stereocenters. The zero-order valence-electron chi connectivity index (χ0n) is 21.4. The molecule has 1 saturated heterocycles. The lowest BCUT2D eigenvalue weighted by Gasteiger charge is -2.44. The average molecular weight is 510 g/mol. The van der Waals surface area contributed by atoms with Crippen LogP contribution in [-0.2, 0) is 9.53 Å². The third kappa shape index (κ3) is 4.20. The maximum absolute atomic E-state index is 14.4. The van der Waals surface area contributed by atoms with Gasteiger partial charge in [0.1, 0.15) is 5.82 Å². The topological polar surface area (TPSA) is 81.8 Å². The predicted molar refractivity (Wildman–Crippen MR) is 146 cm³/mol. The van der Waals surface area contributed by atoms with E-state index < -0.39 is 12.0 Å². The third-order valence-electron chi connectivity index (χ3n) is 7.75. The monoisotopic (exact) mass is 509 g/mol. The van der Waals surface area contributed by atoms with Crippen LogP contribution in [0, 0.1) is 0 Å². The van der Waals surface area contributed by atoms with Gasteiger partial charge in [0.05, 0.1) is 18.6 Å². The molecule has 4 aromatic rings. The second-order valence-electron chi connectivity index (χ2n) is 9.79. The SMILES string of the molecule is COCCN1C(=O)c2ccccc2C(C(=O)N2CCN(c3ccccn3)CC2)C1c1c[nH]c2ccccc12. The predicted octanol–water partition coefficient (Wildman–Crippen LogP) is 3.84. The Labute approximate surface area is 221 Å². The van der Waals surface area contributed by atoms with Crippen molar-refractivity contribution < 1.29 is 14.3 Å². The minimum atomic E-state index is -0.527. The highest BCUT2D eigenvalue weighted by molar-refractivity contribution is 6.02. The van der Waals surface area contributed by atoms with Gasteiger partial charge in [0.25, 0.3) is 5.91 Å². The van der Waals surface area contributed by atoms with Crippen molar-refractivity contribution in [1.82, 2.24) is 19.8 Å². The van der Waals surface area contributed by atoms with Crippen molar-refractivity contribution in [3.05, 3.63) is 95.8 Å². The van der Waals surface area contributed by atoms with Crippen LogP contribution in [0.25, 0.3) is 10.9 Å². The van der Waals surface area contributed by atoms with Gasteiger partial charge in [-0.1, -0.05) is 42.5 Å². The Morgan fingerprint density at radius 1 is 0.974 bits per heavy atom. The normalized spacial score (nSPS) is 19.6. The number of para-hydroxylation sites is 1. The first-order valence-corrected chi connectivity index (χ1v) is 13.1. The second-order valence-corrected chi connectivity index (χ2v) is 9.79. The number of rotatable bonds is 6. The number of carbonyl (C=O) groups excluding carboxylic acids is 2. The maximum Gasteiger partial charge on any atom is 0.254 e. The number of aromatic nitrogens is 2. The van der Waals surface area contributed by atoms with Gasteiger partial charge in [-0.25, -0.2) is 4.98 Å². The van der Waals surface area contributed by atoms with Crippen molar-refractivity contribution in [1.29, 1.82) is 0 Å². The Kier molecular flexibility index (Phi) is 6.55. The van der Waals surface area contributed by atoms with E-state index in [2.05, 4.69) is 14.9 Å². The summed E-state index contributed by atoms with van der Waals surface area (Å²) in [6, 6.07) is 21.0. The first kappa shape index (κ1) is 24.2. The Morgan fingerprint density at radius 2 is 1.74 bits per heavy atom. The Morgan fingerprint density at radius 3 is 2.53 bits per heavy atom. The molecular formula is C30H31N5O3. The molecule has 4 heterocycles. The summed E-state index contributed by atoms with van der Waals surface area (Å²) in [7, 11) is 1.63. The number of methoxy groups -OCH3 is 1. The molecule has 2 unspecified atom stereocenters. The summed E-state index contributed by atoms with van der Waals surface area (Å²) in [5.41, 5.74) is 3.31. The molecule has 0 saturated carbocycles. The molecule has 0 spiro atoms. The van der Waals surface area contributed by atoms with E-state index in [9.17, 15) is 9.59 Å². The number of anilines is 1. The first-order valence-electron chi connectivity index (χ1n) is 13.1. The number of pyridine rings is 1. The molecule has 1 fully saturated rings. The number of nitrogens with one attached hydrogen (secondary N) is 1. The number of aromatic amines is 1. The molecule has 2 amide bonds. The van der Waals surface area contributed by atoms with Gasteiger partial charge >= 0.3 is 0 Å². The number of hydrogen-bond donors (Lipinski definition) is 1. The lowest BCUT2D eigenvalue weighted by Crippen LogP contribution is -2.54. The fourth-order valence-electron chi connectivity index (χ4n) is 5.87. The Bertz CT molecular complexity index is 1440. The molecule has 8 nitrogen and oxygen atoms in total. The number of H-pyrrole nitrogens is 1. The fourth-order valence-corrected chi connectivity index (χ4v) is 5.87. The lowest BCUT2D eigenvalue weighted by atomic mass is 9.78. The van der Waals surface area contributed by atoms with Crippen LogP contribution in [0.15, 0.2) is 79.1 Å². The van der Waals surface area contributed by atoms with Crippen LogP contribution in [0.5, 0.6) is 0 Å². The standard InChI is InChI=1S/C30H31N5O3/c1-38-19-18-35-28(24-20-32-25-11-5-4-8-21(24)25)27(22-9-2-3-10-23(22)29(35)36)30(37)34-16-14-33(15-17-34)26-12-6-7-13-31-26/h2-13,20,27-28,32H,14-19H2,1H3. The molecule has 8 heteroatoms. The Hall–Kier alpha value is -4.17. The number of hydrogen-bond acceptors (Lipinski definition) is 5. The van der Waals surface area contributed by atoms with Crippen molar-refractivity contribution in [2.75, 3.05) is 51.3 Å². The number of amides is 2. The van der Waals surface area contributed by atoms with Crippen molar-refractivity contribution in [2.45, 2.75) is 12.0 Å². The van der Waals surface area contributed by atoms with E-state index in [4.69, 9.17) is 4.74 Å². The highest BCUT2D eigenvalue weighted by atomic mass is 16.5. The summed E-state index contributed by atoms with van der Waals surface area (Å²) in [6.45, 7) is 3.39. The maximum atomic E-state index is 14.4. The summed E-state index contributed by atoms with van der Waals surface area (Å²) < 4.78 is 5.39.